The van der Waals surface area contributed by atoms with Crippen molar-refractivity contribution in [2.45, 2.75) is 72.6 Å². The second kappa shape index (κ2) is 12.2. The second-order valence-corrected chi connectivity index (χ2v) is 10.2. The van der Waals surface area contributed by atoms with Gasteiger partial charge in [0.05, 0.1) is 13.5 Å². The first-order valence-electron chi connectivity index (χ1n) is 13.0. The van der Waals surface area contributed by atoms with Gasteiger partial charge in [-0.15, -0.1) is 0 Å². The molecule has 5 nitrogen and oxygen atoms in total. The molecule has 3 unspecified atom stereocenters. The summed E-state index contributed by atoms with van der Waals surface area (Å²) in [5.41, 5.74) is 5.00. The molecule has 192 valence electrons. The number of ketones is 3. The van der Waals surface area contributed by atoms with Gasteiger partial charge < -0.3 is 4.74 Å². The molecule has 0 saturated heterocycles. The van der Waals surface area contributed by atoms with E-state index in [1.165, 1.54) is 6.92 Å². The SMILES string of the molecule is CCCC(CC1CC(=O)c2c(C)ccc(-c3cc(C=O)ccc3OC)c2C1)C(CC)C(=O)CC(C)=O. The van der Waals surface area contributed by atoms with Gasteiger partial charge in [0.25, 0.3) is 0 Å². The van der Waals surface area contributed by atoms with E-state index >= 15 is 0 Å². The lowest BCUT2D eigenvalue weighted by molar-refractivity contribution is -0.129. The normalized spacial score (nSPS) is 16.7. The van der Waals surface area contributed by atoms with Crippen molar-refractivity contribution in [3.63, 3.8) is 0 Å². The summed E-state index contributed by atoms with van der Waals surface area (Å²) in [6.07, 6.45) is 5.32. The highest BCUT2D eigenvalue weighted by atomic mass is 16.5. The Labute approximate surface area is 214 Å². The Morgan fingerprint density at radius 3 is 2.47 bits per heavy atom. The molecule has 0 heterocycles. The average Bonchev–Trinajstić information content (AvgIpc) is 2.83. The van der Waals surface area contributed by atoms with Crippen LogP contribution < -0.4 is 4.74 Å². The molecule has 0 saturated carbocycles. The number of Topliss-reactive ketones (excluding diaryl/α,β-unsaturated/α-hetero) is 3. The van der Waals surface area contributed by atoms with Crippen LogP contribution in [0.4, 0.5) is 0 Å². The molecule has 36 heavy (non-hydrogen) atoms. The lowest BCUT2D eigenvalue weighted by Gasteiger charge is -2.32. The third-order valence-corrected chi connectivity index (χ3v) is 7.56. The van der Waals surface area contributed by atoms with Crippen molar-refractivity contribution >= 4 is 23.6 Å². The Balaban J connectivity index is 2.00. The quantitative estimate of drug-likeness (QED) is 0.247. The van der Waals surface area contributed by atoms with Crippen molar-refractivity contribution in [2.75, 3.05) is 7.11 Å². The summed E-state index contributed by atoms with van der Waals surface area (Å²) < 4.78 is 5.61. The first-order chi connectivity index (χ1) is 17.2. The van der Waals surface area contributed by atoms with Gasteiger partial charge in [0.15, 0.2) is 5.78 Å². The van der Waals surface area contributed by atoms with Crippen LogP contribution in [-0.2, 0) is 16.0 Å². The zero-order chi connectivity index (χ0) is 26.4. The van der Waals surface area contributed by atoms with Crippen molar-refractivity contribution in [1.29, 1.82) is 0 Å². The minimum atomic E-state index is -0.160. The lowest BCUT2D eigenvalue weighted by atomic mass is 9.71. The van der Waals surface area contributed by atoms with Crippen molar-refractivity contribution in [1.82, 2.24) is 0 Å². The Bertz CT molecular complexity index is 1150. The highest BCUT2D eigenvalue weighted by Crippen LogP contribution is 2.42. The number of benzene rings is 2. The summed E-state index contributed by atoms with van der Waals surface area (Å²) in [7, 11) is 1.60. The molecule has 0 N–H and O–H groups in total. The van der Waals surface area contributed by atoms with E-state index in [-0.39, 0.29) is 41.5 Å². The molecular formula is C31H38O5. The highest BCUT2D eigenvalue weighted by Gasteiger charge is 2.34. The van der Waals surface area contributed by atoms with E-state index in [0.717, 1.165) is 59.8 Å². The van der Waals surface area contributed by atoms with Gasteiger partial charge in [0.1, 0.15) is 23.6 Å². The van der Waals surface area contributed by atoms with Gasteiger partial charge in [0, 0.05) is 29.0 Å². The third kappa shape index (κ3) is 6.00. The largest absolute Gasteiger partial charge is 0.496 e. The van der Waals surface area contributed by atoms with E-state index in [1.54, 1.807) is 19.2 Å². The molecule has 2 aromatic carbocycles. The summed E-state index contributed by atoms with van der Waals surface area (Å²) in [6.45, 7) is 7.56. The van der Waals surface area contributed by atoms with Crippen molar-refractivity contribution in [3.05, 3.63) is 52.6 Å². The number of methoxy groups -OCH3 is 1. The molecule has 0 amide bonds. The molecular weight excluding hydrogens is 452 g/mol. The maximum atomic E-state index is 13.4. The zero-order valence-electron chi connectivity index (χ0n) is 22.2. The Morgan fingerprint density at radius 2 is 1.86 bits per heavy atom. The van der Waals surface area contributed by atoms with Crippen LogP contribution in [0.3, 0.4) is 0 Å². The van der Waals surface area contributed by atoms with Crippen molar-refractivity contribution in [3.8, 4) is 16.9 Å². The van der Waals surface area contributed by atoms with Crippen LogP contribution in [0, 0.1) is 24.7 Å². The maximum absolute atomic E-state index is 13.4. The third-order valence-electron chi connectivity index (χ3n) is 7.56. The first-order valence-corrected chi connectivity index (χ1v) is 13.0. The Kier molecular flexibility index (Phi) is 9.36. The molecule has 0 bridgehead atoms. The summed E-state index contributed by atoms with van der Waals surface area (Å²) in [6, 6.07) is 9.32. The van der Waals surface area contributed by atoms with Crippen LogP contribution in [0.5, 0.6) is 5.75 Å². The van der Waals surface area contributed by atoms with E-state index in [4.69, 9.17) is 4.74 Å². The molecule has 2 aromatic rings. The minimum Gasteiger partial charge on any atom is -0.496 e. The van der Waals surface area contributed by atoms with E-state index in [9.17, 15) is 19.2 Å². The van der Waals surface area contributed by atoms with Gasteiger partial charge >= 0.3 is 0 Å². The van der Waals surface area contributed by atoms with Gasteiger partial charge in [-0.2, -0.15) is 0 Å². The number of ether oxygens (including phenoxy) is 1. The average molecular weight is 491 g/mol. The van der Waals surface area contributed by atoms with Gasteiger partial charge in [-0.05, 0) is 79.8 Å². The fourth-order valence-electron chi connectivity index (χ4n) is 6.00. The van der Waals surface area contributed by atoms with Crippen LogP contribution >= 0.6 is 0 Å². The van der Waals surface area contributed by atoms with Crippen molar-refractivity contribution in [2.24, 2.45) is 17.8 Å². The minimum absolute atomic E-state index is 0.0125. The second-order valence-electron chi connectivity index (χ2n) is 10.2. The van der Waals surface area contributed by atoms with E-state index in [1.807, 2.05) is 32.0 Å². The number of carbonyl (C=O) groups excluding carboxylic acids is 4. The van der Waals surface area contributed by atoms with Crippen LogP contribution in [-0.4, -0.2) is 30.7 Å². The Hall–Kier alpha value is -3.08. The number of hydrogen-bond acceptors (Lipinski definition) is 5. The van der Waals surface area contributed by atoms with Gasteiger partial charge in [-0.3, -0.25) is 19.2 Å². The van der Waals surface area contributed by atoms with E-state index < -0.39 is 0 Å². The fraction of sp³-hybridized carbons (Fsp3) is 0.484. The zero-order valence-corrected chi connectivity index (χ0v) is 22.2. The smallest absolute Gasteiger partial charge is 0.163 e. The van der Waals surface area contributed by atoms with Gasteiger partial charge in [-0.1, -0.05) is 38.8 Å². The molecule has 0 radical (unpaired) electrons. The molecule has 3 rings (SSSR count). The summed E-state index contributed by atoms with van der Waals surface area (Å²) >= 11 is 0. The Morgan fingerprint density at radius 1 is 1.11 bits per heavy atom. The first kappa shape index (κ1) is 27.5. The fourth-order valence-corrected chi connectivity index (χ4v) is 6.00. The molecule has 0 spiro atoms. The van der Waals surface area contributed by atoms with E-state index in [2.05, 4.69) is 6.92 Å². The number of carbonyl (C=O) groups is 4. The van der Waals surface area contributed by atoms with Gasteiger partial charge in [0.2, 0.25) is 0 Å². The molecule has 1 aliphatic rings. The molecule has 0 aromatic heterocycles. The monoisotopic (exact) mass is 490 g/mol. The maximum Gasteiger partial charge on any atom is 0.163 e. The predicted octanol–water partition coefficient (Wildman–Crippen LogP) is 6.61. The summed E-state index contributed by atoms with van der Waals surface area (Å²) in [5.74, 6) is 0.816. The highest BCUT2D eigenvalue weighted by molar-refractivity contribution is 6.02. The molecule has 5 heteroatoms. The lowest BCUT2D eigenvalue weighted by Crippen LogP contribution is -2.30. The molecule has 1 aliphatic carbocycles. The number of fused-ring (bicyclic) bond motifs is 1. The molecule has 0 fully saturated rings. The topological polar surface area (TPSA) is 77.5 Å². The van der Waals surface area contributed by atoms with Crippen LogP contribution in [0.1, 0.15) is 91.1 Å². The summed E-state index contributed by atoms with van der Waals surface area (Å²) in [4.78, 5) is 49.4. The van der Waals surface area contributed by atoms with Gasteiger partial charge in [-0.25, -0.2) is 0 Å². The number of hydrogen-bond donors (Lipinski definition) is 0. The number of aldehydes is 1. The number of aryl methyl sites for hydroxylation is 1. The summed E-state index contributed by atoms with van der Waals surface area (Å²) in [5, 5.41) is 0. The predicted molar refractivity (Wildman–Crippen MR) is 142 cm³/mol. The van der Waals surface area contributed by atoms with Crippen LogP contribution in [0.2, 0.25) is 0 Å². The standard InChI is InChI=1S/C31H38O5/c1-6-8-23(24(7-2)28(34)13-20(4)33)14-22-16-27-25(11-9-19(3)31(27)29(35)17-22)26-15-21(18-32)10-12-30(26)36-5/h9-12,15,18,22-24H,6-8,13-14,16-17H2,1-5H3. The molecule has 0 aliphatic heterocycles. The van der Waals surface area contributed by atoms with E-state index in [0.29, 0.717) is 24.2 Å². The number of rotatable bonds is 12. The van der Waals surface area contributed by atoms with Crippen molar-refractivity contribution < 1.29 is 23.9 Å². The van der Waals surface area contributed by atoms with Crippen LogP contribution in [0.15, 0.2) is 30.3 Å². The molecule has 3 atom stereocenters. The van der Waals surface area contributed by atoms with Crippen LogP contribution in [0.25, 0.3) is 11.1 Å².